The molecule has 5 rings (SSSR count). The van der Waals surface area contributed by atoms with E-state index < -0.39 is 0 Å². The second-order valence-corrected chi connectivity index (χ2v) is 8.71. The van der Waals surface area contributed by atoms with E-state index in [1.54, 1.807) is 12.7 Å². The average Bonchev–Trinajstić information content (AvgIpc) is 3.37. The number of fused-ring (bicyclic) bond motifs is 2. The maximum absolute atomic E-state index is 12.9. The Bertz CT molecular complexity index is 1030. The van der Waals surface area contributed by atoms with E-state index in [1.807, 2.05) is 30.4 Å². The van der Waals surface area contributed by atoms with Crippen molar-refractivity contribution in [2.45, 2.75) is 13.8 Å². The number of imidazole rings is 1. The fraction of sp³-hybridized carbons (Fsp3) is 0.500. The van der Waals surface area contributed by atoms with Crippen LogP contribution in [0.15, 0.2) is 12.7 Å². The van der Waals surface area contributed by atoms with Crippen LogP contribution in [0.2, 0.25) is 0 Å². The maximum Gasteiger partial charge on any atom is 0.265 e. The highest BCUT2D eigenvalue weighted by Crippen LogP contribution is 2.36. The third-order valence-electron chi connectivity index (χ3n) is 5.65. The van der Waals surface area contributed by atoms with Gasteiger partial charge in [-0.3, -0.25) is 4.79 Å². The molecule has 140 valence electrons. The van der Waals surface area contributed by atoms with E-state index in [0.717, 1.165) is 58.7 Å². The number of amides is 1. The molecule has 1 amide bonds. The van der Waals surface area contributed by atoms with Crippen LogP contribution in [0, 0.1) is 25.7 Å². The van der Waals surface area contributed by atoms with Gasteiger partial charge in [0, 0.05) is 45.1 Å². The molecule has 0 N–H and O–H groups in total. The number of carbonyl (C=O) groups is 1. The summed E-state index contributed by atoms with van der Waals surface area (Å²) in [6.07, 6.45) is 3.39. The van der Waals surface area contributed by atoms with Gasteiger partial charge in [-0.25, -0.2) is 19.9 Å². The number of likely N-dealkylation sites (tertiary alicyclic amines) is 1. The highest BCUT2D eigenvalue weighted by molar-refractivity contribution is 7.13. The molecule has 0 aromatic carbocycles. The molecular weight excluding hydrogens is 362 g/mol. The maximum atomic E-state index is 12.9. The summed E-state index contributed by atoms with van der Waals surface area (Å²) < 4.78 is 1.91. The monoisotopic (exact) mass is 383 g/mol. The van der Waals surface area contributed by atoms with Crippen LogP contribution >= 0.6 is 11.3 Å². The number of hydrogen-bond donors (Lipinski definition) is 0. The molecular formula is C18H21N7OS. The Morgan fingerprint density at radius 3 is 2.52 bits per heavy atom. The number of aryl methyl sites for hydroxylation is 3. The highest BCUT2D eigenvalue weighted by atomic mass is 32.1. The zero-order chi connectivity index (χ0) is 18.7. The van der Waals surface area contributed by atoms with E-state index >= 15 is 0 Å². The van der Waals surface area contributed by atoms with Gasteiger partial charge in [0.05, 0.1) is 17.0 Å². The van der Waals surface area contributed by atoms with Gasteiger partial charge < -0.3 is 14.4 Å². The van der Waals surface area contributed by atoms with Crippen LogP contribution in [-0.4, -0.2) is 61.5 Å². The molecule has 2 aliphatic rings. The predicted octanol–water partition coefficient (Wildman–Crippen LogP) is 1.65. The summed E-state index contributed by atoms with van der Waals surface area (Å²) in [6.45, 7) is 7.27. The smallest absolute Gasteiger partial charge is 0.265 e. The van der Waals surface area contributed by atoms with Crippen molar-refractivity contribution in [1.29, 1.82) is 0 Å². The molecule has 2 aliphatic heterocycles. The van der Waals surface area contributed by atoms with Gasteiger partial charge in [-0.1, -0.05) is 0 Å². The number of carbonyl (C=O) groups excluding carboxylic acids is 1. The molecule has 2 saturated heterocycles. The Morgan fingerprint density at radius 2 is 1.85 bits per heavy atom. The van der Waals surface area contributed by atoms with Crippen LogP contribution < -0.4 is 4.90 Å². The van der Waals surface area contributed by atoms with E-state index in [1.165, 1.54) is 11.3 Å². The number of nitrogens with zero attached hydrogens (tertiary/aromatic N) is 7. The van der Waals surface area contributed by atoms with E-state index in [0.29, 0.717) is 11.8 Å². The van der Waals surface area contributed by atoms with Gasteiger partial charge in [-0.05, 0) is 13.8 Å². The zero-order valence-corrected chi connectivity index (χ0v) is 16.4. The van der Waals surface area contributed by atoms with E-state index in [9.17, 15) is 4.79 Å². The molecule has 5 heterocycles. The molecule has 0 spiro atoms. The Hall–Kier alpha value is -2.55. The van der Waals surface area contributed by atoms with Crippen molar-refractivity contribution in [3.8, 4) is 0 Å². The second-order valence-electron chi connectivity index (χ2n) is 7.51. The summed E-state index contributed by atoms with van der Waals surface area (Å²) in [5.74, 6) is 1.98. The first-order chi connectivity index (χ1) is 13.0. The van der Waals surface area contributed by atoms with Gasteiger partial charge in [0.1, 0.15) is 11.2 Å². The predicted molar refractivity (Wildman–Crippen MR) is 103 cm³/mol. The number of aromatic nitrogens is 5. The molecule has 8 nitrogen and oxygen atoms in total. The van der Waals surface area contributed by atoms with Crippen molar-refractivity contribution < 1.29 is 4.79 Å². The summed E-state index contributed by atoms with van der Waals surface area (Å²) in [5, 5.41) is 0.949. The Labute approximate surface area is 160 Å². The summed E-state index contributed by atoms with van der Waals surface area (Å²) in [7, 11) is 1.94. The summed E-state index contributed by atoms with van der Waals surface area (Å²) in [6, 6.07) is 0. The van der Waals surface area contributed by atoms with Gasteiger partial charge in [-0.2, -0.15) is 0 Å². The van der Waals surface area contributed by atoms with Crippen LogP contribution in [0.5, 0.6) is 0 Å². The molecule has 0 saturated carbocycles. The van der Waals surface area contributed by atoms with Crippen LogP contribution in [0.4, 0.5) is 5.82 Å². The minimum atomic E-state index is 0.133. The van der Waals surface area contributed by atoms with Crippen molar-refractivity contribution in [3.63, 3.8) is 0 Å². The topological polar surface area (TPSA) is 80.0 Å². The minimum absolute atomic E-state index is 0.133. The van der Waals surface area contributed by atoms with Gasteiger partial charge in [0.15, 0.2) is 17.0 Å². The van der Waals surface area contributed by atoms with E-state index in [-0.39, 0.29) is 5.91 Å². The fourth-order valence-electron chi connectivity index (χ4n) is 4.37. The minimum Gasteiger partial charge on any atom is -0.354 e. The summed E-state index contributed by atoms with van der Waals surface area (Å²) >= 11 is 1.50. The van der Waals surface area contributed by atoms with Crippen LogP contribution in [-0.2, 0) is 7.05 Å². The van der Waals surface area contributed by atoms with Crippen LogP contribution in [0.1, 0.15) is 20.4 Å². The quantitative estimate of drug-likeness (QED) is 0.669. The molecule has 27 heavy (non-hydrogen) atoms. The van der Waals surface area contributed by atoms with Crippen LogP contribution in [0.25, 0.3) is 11.2 Å². The molecule has 0 aliphatic carbocycles. The average molecular weight is 383 g/mol. The van der Waals surface area contributed by atoms with Crippen molar-refractivity contribution in [1.82, 2.24) is 29.4 Å². The molecule has 2 atom stereocenters. The zero-order valence-electron chi connectivity index (χ0n) is 15.6. The summed E-state index contributed by atoms with van der Waals surface area (Å²) in [4.78, 5) is 35.7. The number of hydrogen-bond acceptors (Lipinski definition) is 7. The number of thiazole rings is 1. The van der Waals surface area contributed by atoms with E-state index in [2.05, 4.69) is 24.8 Å². The van der Waals surface area contributed by atoms with Gasteiger partial charge in [0.2, 0.25) is 0 Å². The highest BCUT2D eigenvalue weighted by Gasteiger charge is 2.43. The molecule has 3 aromatic rings. The van der Waals surface area contributed by atoms with Crippen molar-refractivity contribution in [2.24, 2.45) is 18.9 Å². The first kappa shape index (κ1) is 16.6. The molecule has 0 radical (unpaired) electrons. The lowest BCUT2D eigenvalue weighted by molar-refractivity contribution is 0.0786. The first-order valence-electron chi connectivity index (χ1n) is 9.11. The molecule has 2 fully saturated rings. The lowest BCUT2D eigenvalue weighted by atomic mass is 10.0. The molecule has 9 heteroatoms. The lowest BCUT2D eigenvalue weighted by Crippen LogP contribution is -2.33. The Balaban J connectivity index is 1.33. The number of rotatable bonds is 2. The third kappa shape index (κ3) is 2.60. The third-order valence-corrected chi connectivity index (χ3v) is 6.71. The standard InChI is InChI=1S/C18H21N7OS/c1-10-15(27-11(2)22-10)18(26)25-6-12-4-24(5-13(12)7-25)17-14-16(19-8-20-17)23(3)9-21-14/h8-9,12-13H,4-7H2,1-3H3. The van der Waals surface area contributed by atoms with Gasteiger partial charge in [0.25, 0.3) is 5.91 Å². The summed E-state index contributed by atoms with van der Waals surface area (Å²) in [5.41, 5.74) is 2.55. The molecule has 3 aromatic heterocycles. The molecule has 0 bridgehead atoms. The van der Waals surface area contributed by atoms with Crippen molar-refractivity contribution >= 4 is 34.2 Å². The van der Waals surface area contributed by atoms with Gasteiger partial charge in [-0.15, -0.1) is 11.3 Å². The Kier molecular flexibility index (Phi) is 3.68. The normalized spacial score (nSPS) is 22.0. The largest absolute Gasteiger partial charge is 0.354 e. The fourth-order valence-corrected chi connectivity index (χ4v) is 5.26. The number of anilines is 1. The Morgan fingerprint density at radius 1 is 1.11 bits per heavy atom. The first-order valence-corrected chi connectivity index (χ1v) is 9.93. The van der Waals surface area contributed by atoms with E-state index in [4.69, 9.17) is 0 Å². The second kappa shape index (κ2) is 5.98. The van der Waals surface area contributed by atoms with Gasteiger partial charge >= 0.3 is 0 Å². The van der Waals surface area contributed by atoms with Crippen LogP contribution in [0.3, 0.4) is 0 Å². The SMILES string of the molecule is Cc1nc(C)c(C(=O)N2CC3CN(c4ncnc5c4ncn5C)CC3C2)s1. The molecule has 2 unspecified atom stereocenters. The van der Waals surface area contributed by atoms with Crippen molar-refractivity contribution in [2.75, 3.05) is 31.1 Å². The van der Waals surface area contributed by atoms with Crippen molar-refractivity contribution in [3.05, 3.63) is 28.2 Å². The lowest BCUT2D eigenvalue weighted by Gasteiger charge is -2.22.